The summed E-state index contributed by atoms with van der Waals surface area (Å²) in [5.74, 6) is -0.198. The van der Waals surface area contributed by atoms with Crippen LogP contribution in [0.1, 0.15) is 44.8 Å². The smallest absolute Gasteiger partial charge is 0.123 e. The third kappa shape index (κ3) is 3.34. The predicted molar refractivity (Wildman–Crippen MR) is 75.7 cm³/mol. The summed E-state index contributed by atoms with van der Waals surface area (Å²) in [6, 6.07) is 7.16. The van der Waals surface area contributed by atoms with Gasteiger partial charge in [-0.25, -0.2) is 4.39 Å². The Morgan fingerprint density at radius 3 is 2.74 bits per heavy atom. The molecule has 0 aliphatic carbocycles. The molecule has 0 saturated heterocycles. The van der Waals surface area contributed by atoms with E-state index in [0.29, 0.717) is 6.04 Å². The normalized spacial score (nSPS) is 12.7. The van der Waals surface area contributed by atoms with Gasteiger partial charge in [-0.3, -0.25) is 4.68 Å². The van der Waals surface area contributed by atoms with Gasteiger partial charge in [-0.1, -0.05) is 19.1 Å². The molecule has 4 heteroatoms. The Hall–Kier alpha value is -1.84. The van der Waals surface area contributed by atoms with Crippen molar-refractivity contribution in [3.63, 3.8) is 0 Å². The van der Waals surface area contributed by atoms with Crippen molar-refractivity contribution in [3.05, 3.63) is 48.0 Å². The molecule has 0 aliphatic heterocycles. The molecule has 2 rings (SSSR count). The van der Waals surface area contributed by atoms with Crippen LogP contribution in [0.2, 0.25) is 0 Å². The molecule has 1 heterocycles. The second-order valence-corrected chi connectivity index (χ2v) is 4.96. The number of hydrogen-bond donors (Lipinski definition) is 1. The van der Waals surface area contributed by atoms with Crippen molar-refractivity contribution < 1.29 is 4.39 Å². The molecule has 1 unspecified atom stereocenters. The van der Waals surface area contributed by atoms with Gasteiger partial charge in [0.15, 0.2) is 0 Å². The Morgan fingerprint density at radius 2 is 2.16 bits per heavy atom. The van der Waals surface area contributed by atoms with Crippen molar-refractivity contribution in [1.29, 1.82) is 0 Å². The minimum absolute atomic E-state index is 0.0977. The Labute approximate surface area is 113 Å². The fourth-order valence-corrected chi connectivity index (χ4v) is 2.04. The second-order valence-electron chi connectivity index (χ2n) is 4.96. The van der Waals surface area contributed by atoms with Gasteiger partial charge in [0.25, 0.3) is 0 Å². The first kappa shape index (κ1) is 13.6. The van der Waals surface area contributed by atoms with Crippen LogP contribution in [-0.2, 0) is 0 Å². The summed E-state index contributed by atoms with van der Waals surface area (Å²) in [5.41, 5.74) is 1.92. The fourth-order valence-electron chi connectivity index (χ4n) is 2.04. The molecule has 19 heavy (non-hydrogen) atoms. The number of anilines is 1. The van der Waals surface area contributed by atoms with Crippen LogP contribution in [0.15, 0.2) is 36.7 Å². The van der Waals surface area contributed by atoms with Gasteiger partial charge < -0.3 is 5.32 Å². The van der Waals surface area contributed by atoms with Gasteiger partial charge in [0.1, 0.15) is 5.82 Å². The van der Waals surface area contributed by atoms with Crippen LogP contribution < -0.4 is 5.32 Å². The molecule has 0 saturated carbocycles. The summed E-state index contributed by atoms with van der Waals surface area (Å²) < 4.78 is 15.2. The maximum Gasteiger partial charge on any atom is 0.123 e. The number of hydrogen-bond acceptors (Lipinski definition) is 2. The van der Waals surface area contributed by atoms with Gasteiger partial charge in [-0.15, -0.1) is 0 Å². The standard InChI is InChI=1S/C15H20FN3/c1-4-15(12-6-5-7-13(16)8-12)18-14-9-17-19(10-14)11(2)3/h5-11,15,18H,4H2,1-3H3. The van der Waals surface area contributed by atoms with Crippen LogP contribution in [0.25, 0.3) is 0 Å². The first-order chi connectivity index (χ1) is 9.10. The number of benzene rings is 1. The lowest BCUT2D eigenvalue weighted by Gasteiger charge is -2.17. The Morgan fingerprint density at radius 1 is 1.37 bits per heavy atom. The molecule has 0 radical (unpaired) electrons. The molecule has 2 aromatic rings. The molecule has 1 N–H and O–H groups in total. The lowest BCUT2D eigenvalue weighted by atomic mass is 10.0. The van der Waals surface area contributed by atoms with E-state index in [0.717, 1.165) is 17.7 Å². The molecule has 0 spiro atoms. The molecule has 1 atom stereocenters. The zero-order valence-corrected chi connectivity index (χ0v) is 11.6. The Kier molecular flexibility index (Phi) is 4.20. The van der Waals surface area contributed by atoms with Crippen molar-refractivity contribution in [1.82, 2.24) is 9.78 Å². The molecule has 0 amide bonds. The van der Waals surface area contributed by atoms with Gasteiger partial charge in [0.2, 0.25) is 0 Å². The first-order valence-corrected chi connectivity index (χ1v) is 6.66. The molecular formula is C15H20FN3. The average molecular weight is 261 g/mol. The van der Waals surface area contributed by atoms with E-state index in [-0.39, 0.29) is 11.9 Å². The Bertz CT molecular complexity index is 534. The largest absolute Gasteiger partial charge is 0.376 e. The number of nitrogens with zero attached hydrogens (tertiary/aromatic N) is 2. The zero-order valence-electron chi connectivity index (χ0n) is 11.6. The summed E-state index contributed by atoms with van der Waals surface area (Å²) >= 11 is 0. The summed E-state index contributed by atoms with van der Waals surface area (Å²) in [5, 5.41) is 7.69. The summed E-state index contributed by atoms with van der Waals surface area (Å²) in [7, 11) is 0. The number of aromatic nitrogens is 2. The molecule has 0 fully saturated rings. The first-order valence-electron chi connectivity index (χ1n) is 6.66. The number of rotatable bonds is 5. The summed E-state index contributed by atoms with van der Waals surface area (Å²) in [4.78, 5) is 0. The lowest BCUT2D eigenvalue weighted by Crippen LogP contribution is -2.09. The predicted octanol–water partition coefficient (Wildman–Crippen LogP) is 4.17. The molecule has 0 aliphatic rings. The maximum absolute atomic E-state index is 13.3. The number of halogens is 1. The highest BCUT2D eigenvalue weighted by Gasteiger charge is 2.11. The quantitative estimate of drug-likeness (QED) is 0.875. The highest BCUT2D eigenvalue weighted by molar-refractivity contribution is 5.41. The zero-order chi connectivity index (χ0) is 13.8. The maximum atomic E-state index is 13.3. The van der Waals surface area contributed by atoms with E-state index in [1.807, 2.05) is 23.1 Å². The van der Waals surface area contributed by atoms with Gasteiger partial charge in [0, 0.05) is 12.2 Å². The topological polar surface area (TPSA) is 29.9 Å². The highest BCUT2D eigenvalue weighted by atomic mass is 19.1. The van der Waals surface area contributed by atoms with E-state index in [9.17, 15) is 4.39 Å². The number of nitrogens with one attached hydrogen (secondary N) is 1. The van der Waals surface area contributed by atoms with Gasteiger partial charge in [0.05, 0.1) is 17.9 Å². The van der Waals surface area contributed by atoms with E-state index in [1.54, 1.807) is 12.1 Å². The van der Waals surface area contributed by atoms with Crippen molar-refractivity contribution >= 4 is 5.69 Å². The van der Waals surface area contributed by atoms with Crippen molar-refractivity contribution in [2.45, 2.75) is 39.3 Å². The molecule has 1 aromatic heterocycles. The van der Waals surface area contributed by atoms with Crippen LogP contribution in [0.5, 0.6) is 0 Å². The van der Waals surface area contributed by atoms with E-state index in [2.05, 4.69) is 31.2 Å². The minimum Gasteiger partial charge on any atom is -0.376 e. The fraction of sp³-hybridized carbons (Fsp3) is 0.400. The summed E-state index contributed by atoms with van der Waals surface area (Å²) in [6.07, 6.45) is 4.67. The molecular weight excluding hydrogens is 241 g/mol. The van der Waals surface area contributed by atoms with Crippen LogP contribution in [-0.4, -0.2) is 9.78 Å². The lowest BCUT2D eigenvalue weighted by molar-refractivity contribution is 0.532. The Balaban J connectivity index is 2.14. The second kappa shape index (κ2) is 5.87. The SMILES string of the molecule is CCC(Nc1cnn(C(C)C)c1)c1cccc(F)c1. The van der Waals surface area contributed by atoms with E-state index >= 15 is 0 Å². The minimum atomic E-state index is -0.198. The van der Waals surface area contributed by atoms with Gasteiger partial charge >= 0.3 is 0 Å². The monoisotopic (exact) mass is 261 g/mol. The van der Waals surface area contributed by atoms with E-state index < -0.39 is 0 Å². The molecule has 1 aromatic carbocycles. The molecule has 0 bridgehead atoms. The van der Waals surface area contributed by atoms with Crippen LogP contribution in [0.4, 0.5) is 10.1 Å². The molecule has 102 valence electrons. The van der Waals surface area contributed by atoms with Crippen molar-refractivity contribution in [2.24, 2.45) is 0 Å². The van der Waals surface area contributed by atoms with Gasteiger partial charge in [-0.05, 0) is 38.0 Å². The van der Waals surface area contributed by atoms with Gasteiger partial charge in [-0.2, -0.15) is 5.10 Å². The van der Waals surface area contributed by atoms with E-state index in [4.69, 9.17) is 0 Å². The van der Waals surface area contributed by atoms with Crippen LogP contribution in [0.3, 0.4) is 0 Å². The molecule has 3 nitrogen and oxygen atoms in total. The third-order valence-electron chi connectivity index (χ3n) is 3.13. The summed E-state index contributed by atoms with van der Waals surface area (Å²) in [6.45, 7) is 6.25. The van der Waals surface area contributed by atoms with Crippen LogP contribution in [0, 0.1) is 5.82 Å². The van der Waals surface area contributed by atoms with Crippen LogP contribution >= 0.6 is 0 Å². The van der Waals surface area contributed by atoms with Crippen molar-refractivity contribution in [2.75, 3.05) is 5.32 Å². The average Bonchev–Trinajstić information content (AvgIpc) is 2.84. The highest BCUT2D eigenvalue weighted by Crippen LogP contribution is 2.23. The van der Waals surface area contributed by atoms with E-state index in [1.165, 1.54) is 6.07 Å². The third-order valence-corrected chi connectivity index (χ3v) is 3.13. The van der Waals surface area contributed by atoms with Crippen molar-refractivity contribution in [3.8, 4) is 0 Å².